The fraction of sp³-hybridized carbons (Fsp3) is 0.462. The summed E-state index contributed by atoms with van der Waals surface area (Å²) in [5.74, 6) is 0.0518. The zero-order valence-electron chi connectivity index (χ0n) is 11.0. The van der Waals surface area contributed by atoms with Gasteiger partial charge in [-0.05, 0) is 31.5 Å². The van der Waals surface area contributed by atoms with Gasteiger partial charge < -0.3 is 20.6 Å². The minimum atomic E-state index is 0.0518. The fourth-order valence-corrected chi connectivity index (χ4v) is 2.65. The molecule has 0 saturated carbocycles. The van der Waals surface area contributed by atoms with E-state index in [9.17, 15) is 0 Å². The summed E-state index contributed by atoms with van der Waals surface area (Å²) in [7, 11) is 1.98. The van der Waals surface area contributed by atoms with Gasteiger partial charge in [0.05, 0.1) is 12.1 Å². The third-order valence-corrected chi connectivity index (χ3v) is 3.79. The number of nitrogens with zero attached hydrogens (tertiary/aromatic N) is 2. The highest BCUT2D eigenvalue weighted by molar-refractivity contribution is 6.31. The molecule has 1 aliphatic heterocycles. The van der Waals surface area contributed by atoms with Crippen LogP contribution in [-0.4, -0.2) is 36.8 Å². The maximum atomic E-state index is 8.88. The molecule has 0 aromatic heterocycles. The molecule has 2 atom stereocenters. The van der Waals surface area contributed by atoms with Crippen LogP contribution < -0.4 is 10.6 Å². The predicted molar refractivity (Wildman–Crippen MR) is 76.2 cm³/mol. The molecule has 1 fully saturated rings. The summed E-state index contributed by atoms with van der Waals surface area (Å²) in [5.41, 5.74) is 7.22. The molecule has 1 aromatic rings. The smallest absolute Gasteiger partial charge is 0.172 e. The topological polar surface area (TPSA) is 71.1 Å². The molecule has 2 rings (SSSR count). The lowest BCUT2D eigenvalue weighted by molar-refractivity contribution is 0.118. The minimum Gasteiger partial charge on any atom is -0.409 e. The third-order valence-electron chi connectivity index (χ3n) is 3.56. The molecule has 0 spiro atoms. The SMILES string of the molecule is CC1OCCC1N(C)c1ccc(Cl)cc1/C(N)=N/O. The lowest BCUT2D eigenvalue weighted by Crippen LogP contribution is -2.38. The van der Waals surface area contributed by atoms with Crippen molar-refractivity contribution in [2.24, 2.45) is 10.9 Å². The van der Waals surface area contributed by atoms with E-state index in [2.05, 4.69) is 10.1 Å². The Hall–Kier alpha value is -1.46. The molecule has 1 aromatic carbocycles. The van der Waals surface area contributed by atoms with Gasteiger partial charge in [0.15, 0.2) is 5.84 Å². The van der Waals surface area contributed by atoms with Crippen LogP contribution in [0.3, 0.4) is 0 Å². The van der Waals surface area contributed by atoms with Crippen molar-refractivity contribution in [1.29, 1.82) is 0 Å². The van der Waals surface area contributed by atoms with Crippen LogP contribution >= 0.6 is 11.6 Å². The first-order valence-corrected chi connectivity index (χ1v) is 6.54. The van der Waals surface area contributed by atoms with Crippen LogP contribution in [0.25, 0.3) is 0 Å². The van der Waals surface area contributed by atoms with Gasteiger partial charge in [-0.25, -0.2) is 0 Å². The van der Waals surface area contributed by atoms with Gasteiger partial charge in [-0.1, -0.05) is 16.8 Å². The molecule has 0 radical (unpaired) electrons. The summed E-state index contributed by atoms with van der Waals surface area (Å²) in [6.07, 6.45) is 1.11. The summed E-state index contributed by atoms with van der Waals surface area (Å²) >= 11 is 5.98. The molecule has 2 unspecified atom stereocenters. The van der Waals surface area contributed by atoms with Gasteiger partial charge in [0.2, 0.25) is 0 Å². The number of hydrogen-bond donors (Lipinski definition) is 2. The van der Waals surface area contributed by atoms with Crippen molar-refractivity contribution < 1.29 is 9.94 Å². The minimum absolute atomic E-state index is 0.0518. The van der Waals surface area contributed by atoms with E-state index >= 15 is 0 Å². The van der Waals surface area contributed by atoms with E-state index in [-0.39, 0.29) is 18.0 Å². The van der Waals surface area contributed by atoms with Gasteiger partial charge >= 0.3 is 0 Å². The maximum Gasteiger partial charge on any atom is 0.172 e. The second-order valence-corrected chi connectivity index (χ2v) is 5.13. The Morgan fingerprint density at radius 3 is 2.89 bits per heavy atom. The molecule has 0 amide bonds. The number of nitrogens with two attached hydrogens (primary N) is 1. The molecule has 6 heteroatoms. The Balaban J connectivity index is 2.38. The zero-order valence-corrected chi connectivity index (χ0v) is 11.8. The van der Waals surface area contributed by atoms with E-state index in [1.807, 2.05) is 20.0 Å². The molecule has 1 aliphatic rings. The summed E-state index contributed by atoms with van der Waals surface area (Å²) in [4.78, 5) is 2.10. The Kier molecular flexibility index (Phi) is 4.17. The molecule has 104 valence electrons. The van der Waals surface area contributed by atoms with Crippen LogP contribution in [0.15, 0.2) is 23.4 Å². The van der Waals surface area contributed by atoms with Gasteiger partial charge in [0.25, 0.3) is 0 Å². The van der Waals surface area contributed by atoms with Crippen molar-refractivity contribution in [3.05, 3.63) is 28.8 Å². The number of halogens is 1. The highest BCUT2D eigenvalue weighted by Gasteiger charge is 2.29. The van der Waals surface area contributed by atoms with Gasteiger partial charge in [-0.2, -0.15) is 0 Å². The summed E-state index contributed by atoms with van der Waals surface area (Å²) in [5, 5.41) is 12.5. The molecule has 0 aliphatic carbocycles. The van der Waals surface area contributed by atoms with Gasteiger partial charge in [-0.3, -0.25) is 0 Å². The van der Waals surface area contributed by atoms with Crippen molar-refractivity contribution in [2.45, 2.75) is 25.5 Å². The molecule has 5 nitrogen and oxygen atoms in total. The predicted octanol–water partition coefficient (Wildman–Crippen LogP) is 2.05. The number of oxime groups is 1. The molecule has 1 saturated heterocycles. The van der Waals surface area contributed by atoms with Crippen LogP contribution in [0.1, 0.15) is 18.9 Å². The highest BCUT2D eigenvalue weighted by Crippen LogP contribution is 2.29. The Morgan fingerprint density at radius 2 is 2.32 bits per heavy atom. The monoisotopic (exact) mass is 283 g/mol. The van der Waals surface area contributed by atoms with E-state index in [1.54, 1.807) is 12.1 Å². The number of benzene rings is 1. The van der Waals surface area contributed by atoms with Crippen LogP contribution in [0.2, 0.25) is 5.02 Å². The molecule has 0 bridgehead atoms. The fourth-order valence-electron chi connectivity index (χ4n) is 2.48. The Bertz CT molecular complexity index is 493. The van der Waals surface area contributed by atoms with Gasteiger partial charge in [-0.15, -0.1) is 0 Å². The second kappa shape index (κ2) is 5.67. The van der Waals surface area contributed by atoms with Gasteiger partial charge in [0.1, 0.15) is 0 Å². The van der Waals surface area contributed by atoms with E-state index in [4.69, 9.17) is 27.3 Å². The normalized spacial score (nSPS) is 23.6. The third kappa shape index (κ3) is 2.77. The van der Waals surface area contributed by atoms with Crippen LogP contribution in [0.4, 0.5) is 5.69 Å². The van der Waals surface area contributed by atoms with Crippen LogP contribution in [-0.2, 0) is 4.74 Å². The first kappa shape index (κ1) is 14.0. The molecular formula is C13H18ClN3O2. The Labute approximate surface area is 117 Å². The molecule has 1 heterocycles. The number of ether oxygens (including phenoxy) is 1. The van der Waals surface area contributed by atoms with Crippen molar-refractivity contribution >= 4 is 23.1 Å². The van der Waals surface area contributed by atoms with E-state index in [1.165, 1.54) is 0 Å². The summed E-state index contributed by atoms with van der Waals surface area (Å²) < 4.78 is 5.58. The second-order valence-electron chi connectivity index (χ2n) is 4.69. The molecular weight excluding hydrogens is 266 g/mol. The quantitative estimate of drug-likeness (QED) is 0.385. The maximum absolute atomic E-state index is 8.88. The van der Waals surface area contributed by atoms with Crippen LogP contribution in [0.5, 0.6) is 0 Å². The largest absolute Gasteiger partial charge is 0.409 e. The highest BCUT2D eigenvalue weighted by atomic mass is 35.5. The van der Waals surface area contributed by atoms with E-state index in [0.29, 0.717) is 10.6 Å². The molecule has 3 N–H and O–H groups in total. The van der Waals surface area contributed by atoms with Gasteiger partial charge in [0, 0.05) is 29.9 Å². The first-order valence-electron chi connectivity index (χ1n) is 6.16. The van der Waals surface area contributed by atoms with Crippen molar-refractivity contribution in [2.75, 3.05) is 18.6 Å². The number of amidine groups is 1. The molecule has 19 heavy (non-hydrogen) atoms. The van der Waals surface area contributed by atoms with E-state index < -0.39 is 0 Å². The van der Waals surface area contributed by atoms with Crippen LogP contribution in [0, 0.1) is 0 Å². The summed E-state index contributed by atoms with van der Waals surface area (Å²) in [6, 6.07) is 5.64. The van der Waals surface area contributed by atoms with Crippen molar-refractivity contribution in [1.82, 2.24) is 0 Å². The lowest BCUT2D eigenvalue weighted by Gasteiger charge is -2.30. The first-order chi connectivity index (χ1) is 9.04. The van der Waals surface area contributed by atoms with E-state index in [0.717, 1.165) is 18.7 Å². The number of hydrogen-bond acceptors (Lipinski definition) is 4. The van der Waals surface area contributed by atoms with Crippen molar-refractivity contribution in [3.63, 3.8) is 0 Å². The standard InChI is InChI=1S/C13H18ClN3O2/c1-8-11(5-6-19-8)17(2)12-4-3-9(14)7-10(12)13(15)16-18/h3-4,7-8,11,18H,5-6H2,1-2H3,(H2,15,16). The zero-order chi connectivity index (χ0) is 14.0. The number of anilines is 1. The Morgan fingerprint density at radius 1 is 1.58 bits per heavy atom. The summed E-state index contributed by atoms with van der Waals surface area (Å²) in [6.45, 7) is 2.80. The number of rotatable bonds is 3. The average Bonchev–Trinajstić information content (AvgIpc) is 2.83. The lowest BCUT2D eigenvalue weighted by atomic mass is 10.1. The number of likely N-dealkylation sites (N-methyl/N-ethyl adjacent to an activating group) is 1. The average molecular weight is 284 g/mol. The van der Waals surface area contributed by atoms with Crippen molar-refractivity contribution in [3.8, 4) is 0 Å².